The van der Waals surface area contributed by atoms with Gasteiger partial charge in [-0.25, -0.2) is 9.78 Å². The highest BCUT2D eigenvalue weighted by Crippen LogP contribution is 2.22. The quantitative estimate of drug-likeness (QED) is 0.769. The molecule has 0 unspecified atom stereocenters. The molecule has 24 heavy (non-hydrogen) atoms. The van der Waals surface area contributed by atoms with E-state index >= 15 is 0 Å². The molecule has 8 heteroatoms. The molecule has 0 radical (unpaired) electrons. The fraction of sp³-hybridized carbons (Fsp3) is 0.375. The van der Waals surface area contributed by atoms with E-state index in [1.807, 2.05) is 49.9 Å². The second-order valence-corrected chi connectivity index (χ2v) is 6.08. The van der Waals surface area contributed by atoms with Crippen molar-refractivity contribution in [2.45, 2.75) is 19.9 Å². The molecule has 0 saturated heterocycles. The Bertz CT molecular complexity index is 864. The van der Waals surface area contributed by atoms with Crippen LogP contribution in [0.1, 0.15) is 25.7 Å². The van der Waals surface area contributed by atoms with Crippen molar-refractivity contribution in [3.05, 3.63) is 36.4 Å². The number of amides is 2. The van der Waals surface area contributed by atoms with Crippen LogP contribution in [0.15, 0.2) is 30.6 Å². The smallest absolute Gasteiger partial charge is 0.319 e. The zero-order chi connectivity index (χ0) is 17.3. The number of urea groups is 1. The Labute approximate surface area is 139 Å². The number of imidazole rings is 1. The van der Waals surface area contributed by atoms with E-state index in [4.69, 9.17) is 0 Å². The number of benzene rings is 1. The lowest BCUT2D eigenvalue weighted by molar-refractivity contribution is 0.243. The Hall–Kier alpha value is -2.90. The fourth-order valence-corrected chi connectivity index (χ4v) is 2.65. The van der Waals surface area contributed by atoms with Crippen LogP contribution in [-0.4, -0.2) is 30.6 Å². The maximum atomic E-state index is 12.5. The summed E-state index contributed by atoms with van der Waals surface area (Å²) >= 11 is 0. The second-order valence-electron chi connectivity index (χ2n) is 6.08. The van der Waals surface area contributed by atoms with Gasteiger partial charge in [-0.1, -0.05) is 19.9 Å². The highest BCUT2D eigenvalue weighted by Gasteiger charge is 2.22. The molecule has 126 valence electrons. The summed E-state index contributed by atoms with van der Waals surface area (Å²) in [5.41, 5.74) is 2.02. The van der Waals surface area contributed by atoms with Crippen molar-refractivity contribution in [2.75, 3.05) is 5.32 Å². The lowest BCUT2D eigenvalue weighted by atomic mass is 10.0. The van der Waals surface area contributed by atoms with Gasteiger partial charge in [0.1, 0.15) is 16.9 Å². The van der Waals surface area contributed by atoms with Gasteiger partial charge in [0, 0.05) is 26.5 Å². The normalized spacial score (nSPS) is 12.5. The van der Waals surface area contributed by atoms with Gasteiger partial charge in [-0.15, -0.1) is 0 Å². The molecule has 0 aliphatic carbocycles. The van der Waals surface area contributed by atoms with E-state index < -0.39 is 0 Å². The predicted octanol–water partition coefficient (Wildman–Crippen LogP) is 2.22. The second kappa shape index (κ2) is 6.31. The summed E-state index contributed by atoms with van der Waals surface area (Å²) in [4.78, 5) is 18.3. The lowest BCUT2D eigenvalue weighted by Gasteiger charge is -2.22. The molecular weight excluding hydrogens is 306 g/mol. The third-order valence-electron chi connectivity index (χ3n) is 3.85. The fourth-order valence-electron chi connectivity index (χ4n) is 2.65. The number of fused-ring (bicyclic) bond motifs is 1. The third kappa shape index (κ3) is 3.08. The molecule has 2 N–H and O–H groups in total. The first-order chi connectivity index (χ1) is 11.5. The first-order valence-electron chi connectivity index (χ1n) is 7.80. The summed E-state index contributed by atoms with van der Waals surface area (Å²) in [6.45, 7) is 4.09. The van der Waals surface area contributed by atoms with Crippen LogP contribution in [0.25, 0.3) is 11.0 Å². The first kappa shape index (κ1) is 16.0. The van der Waals surface area contributed by atoms with Gasteiger partial charge in [-0.05, 0) is 18.1 Å². The van der Waals surface area contributed by atoms with Crippen LogP contribution in [0.4, 0.5) is 10.5 Å². The predicted molar refractivity (Wildman–Crippen MR) is 91.5 cm³/mol. The molecule has 1 aromatic carbocycles. The number of carbonyl (C=O) groups excluding carboxylic acids is 1. The number of nitrogens with one attached hydrogen (secondary N) is 2. The van der Waals surface area contributed by atoms with E-state index in [2.05, 4.69) is 25.8 Å². The molecule has 0 saturated carbocycles. The summed E-state index contributed by atoms with van der Waals surface area (Å²) in [7, 11) is 3.66. The minimum atomic E-state index is -0.296. The standard InChI is InChI=1S/C16H21N7O/c1-10(2)13(15-17-8-9-22(15)3)19-16(24)18-11-6-5-7-12-14(11)21-23(4)20-12/h5-10,13H,1-4H3,(H2,18,19,24)/t13-/m0/s1. The summed E-state index contributed by atoms with van der Waals surface area (Å²) < 4.78 is 1.91. The van der Waals surface area contributed by atoms with Gasteiger partial charge in [0.2, 0.25) is 0 Å². The third-order valence-corrected chi connectivity index (χ3v) is 3.85. The molecule has 8 nitrogen and oxygen atoms in total. The van der Waals surface area contributed by atoms with E-state index in [0.717, 1.165) is 11.3 Å². The zero-order valence-corrected chi connectivity index (χ0v) is 14.2. The minimum absolute atomic E-state index is 0.189. The SMILES string of the molecule is CC(C)[C@H](NC(=O)Nc1cccc2nn(C)nc12)c1nccn1C. The van der Waals surface area contributed by atoms with Crippen LogP contribution in [0, 0.1) is 5.92 Å². The minimum Gasteiger partial charge on any atom is -0.336 e. The van der Waals surface area contributed by atoms with E-state index in [-0.39, 0.29) is 18.0 Å². The highest BCUT2D eigenvalue weighted by molar-refractivity contribution is 5.98. The monoisotopic (exact) mass is 327 g/mol. The van der Waals surface area contributed by atoms with E-state index in [0.29, 0.717) is 11.2 Å². The lowest BCUT2D eigenvalue weighted by Crippen LogP contribution is -2.36. The molecule has 1 atom stereocenters. The van der Waals surface area contributed by atoms with Crippen LogP contribution in [-0.2, 0) is 14.1 Å². The number of anilines is 1. The van der Waals surface area contributed by atoms with Gasteiger partial charge in [-0.2, -0.15) is 15.0 Å². The van der Waals surface area contributed by atoms with Crippen LogP contribution in [0.2, 0.25) is 0 Å². The maximum absolute atomic E-state index is 12.5. The molecule has 0 aliphatic heterocycles. The van der Waals surface area contributed by atoms with Crippen molar-refractivity contribution in [2.24, 2.45) is 20.0 Å². The number of hydrogen-bond donors (Lipinski definition) is 2. The van der Waals surface area contributed by atoms with Gasteiger partial charge in [-0.3, -0.25) is 0 Å². The molecule has 2 heterocycles. The Balaban J connectivity index is 1.80. The van der Waals surface area contributed by atoms with Gasteiger partial charge >= 0.3 is 6.03 Å². The van der Waals surface area contributed by atoms with Crippen molar-refractivity contribution in [1.29, 1.82) is 0 Å². The molecule has 2 amide bonds. The largest absolute Gasteiger partial charge is 0.336 e. The van der Waals surface area contributed by atoms with Crippen LogP contribution >= 0.6 is 0 Å². The molecule has 0 spiro atoms. The van der Waals surface area contributed by atoms with E-state index in [1.54, 1.807) is 13.2 Å². The van der Waals surface area contributed by atoms with Crippen molar-refractivity contribution in [3.8, 4) is 0 Å². The van der Waals surface area contributed by atoms with Crippen LogP contribution in [0.3, 0.4) is 0 Å². The number of carbonyl (C=O) groups is 1. The molecule has 0 aliphatic rings. The molecule has 0 bridgehead atoms. The Kier molecular flexibility index (Phi) is 4.20. The van der Waals surface area contributed by atoms with E-state index in [1.165, 1.54) is 4.80 Å². The summed E-state index contributed by atoms with van der Waals surface area (Å²) in [5, 5.41) is 14.4. The molecule has 3 aromatic rings. The van der Waals surface area contributed by atoms with Gasteiger partial charge in [0.15, 0.2) is 0 Å². The topological polar surface area (TPSA) is 89.7 Å². The Morgan fingerprint density at radius 1 is 1.21 bits per heavy atom. The van der Waals surface area contributed by atoms with Crippen molar-refractivity contribution in [3.63, 3.8) is 0 Å². The van der Waals surface area contributed by atoms with E-state index in [9.17, 15) is 4.79 Å². The average molecular weight is 327 g/mol. The number of aryl methyl sites for hydroxylation is 2. The first-order valence-corrected chi connectivity index (χ1v) is 7.80. The molecule has 3 rings (SSSR count). The van der Waals surface area contributed by atoms with Crippen LogP contribution in [0.5, 0.6) is 0 Å². The summed E-state index contributed by atoms with van der Waals surface area (Å²) in [6, 6.07) is 5.02. The maximum Gasteiger partial charge on any atom is 0.319 e. The van der Waals surface area contributed by atoms with Gasteiger partial charge in [0.25, 0.3) is 0 Å². The van der Waals surface area contributed by atoms with Crippen molar-refractivity contribution < 1.29 is 4.79 Å². The van der Waals surface area contributed by atoms with Gasteiger partial charge in [0.05, 0.1) is 11.7 Å². The molecular formula is C16H21N7O. The number of aromatic nitrogens is 5. The summed E-state index contributed by atoms with van der Waals surface area (Å²) in [5.74, 6) is 1.02. The molecule has 2 aromatic heterocycles. The number of nitrogens with zero attached hydrogens (tertiary/aromatic N) is 5. The zero-order valence-electron chi connectivity index (χ0n) is 14.2. The van der Waals surface area contributed by atoms with Crippen molar-refractivity contribution in [1.82, 2.24) is 29.9 Å². The average Bonchev–Trinajstić information content (AvgIpc) is 3.10. The summed E-state index contributed by atoms with van der Waals surface area (Å²) in [6.07, 6.45) is 3.59. The Morgan fingerprint density at radius 3 is 2.67 bits per heavy atom. The highest BCUT2D eigenvalue weighted by atomic mass is 16.2. The van der Waals surface area contributed by atoms with Crippen LogP contribution < -0.4 is 10.6 Å². The van der Waals surface area contributed by atoms with Gasteiger partial charge < -0.3 is 15.2 Å². The molecule has 0 fully saturated rings. The number of rotatable bonds is 4. The Morgan fingerprint density at radius 2 is 2.00 bits per heavy atom. The number of hydrogen-bond acceptors (Lipinski definition) is 4. The van der Waals surface area contributed by atoms with Crippen molar-refractivity contribution >= 4 is 22.8 Å².